The molecule has 0 fully saturated rings. The van der Waals surface area contributed by atoms with Gasteiger partial charge in [-0.15, -0.1) is 26.3 Å². The molecule has 0 amide bonds. The minimum Gasteiger partial charge on any atom is -0.106 e. The van der Waals surface area contributed by atoms with Crippen molar-refractivity contribution in [2.45, 2.75) is 13.8 Å². The molecule has 0 aliphatic heterocycles. The Bertz CT molecular complexity index is 398. The standard InChI is InChI=1S/C12H12.2C2H4/c1-9-7-8-10(2)12-6-4-3-5-11(9)12;2*1-2/h3-8H,1-2H3;2*1-2H2. The topological polar surface area (TPSA) is 0 Å². The fraction of sp³-hybridized carbons (Fsp3) is 0.125. The molecule has 0 atom stereocenters. The minimum absolute atomic E-state index is 1.36. The summed E-state index contributed by atoms with van der Waals surface area (Å²) in [6.45, 7) is 16.3. The van der Waals surface area contributed by atoms with Gasteiger partial charge in [-0.3, -0.25) is 0 Å². The molecule has 0 spiro atoms. The summed E-state index contributed by atoms with van der Waals surface area (Å²) in [6, 6.07) is 12.9. The van der Waals surface area contributed by atoms with Crippen LogP contribution in [0.2, 0.25) is 0 Å². The molecule has 16 heavy (non-hydrogen) atoms. The highest BCUT2D eigenvalue weighted by molar-refractivity contribution is 5.88. The molecule has 2 aromatic carbocycles. The van der Waals surface area contributed by atoms with E-state index in [1.807, 2.05) is 0 Å². The van der Waals surface area contributed by atoms with Crippen LogP contribution in [0.25, 0.3) is 10.8 Å². The van der Waals surface area contributed by atoms with E-state index in [0.29, 0.717) is 0 Å². The van der Waals surface area contributed by atoms with E-state index in [2.05, 4.69) is 76.6 Å². The van der Waals surface area contributed by atoms with Gasteiger partial charge in [-0.05, 0) is 35.7 Å². The fourth-order valence-corrected chi connectivity index (χ4v) is 1.60. The van der Waals surface area contributed by atoms with Crippen molar-refractivity contribution in [3.8, 4) is 0 Å². The van der Waals surface area contributed by atoms with Gasteiger partial charge in [-0.2, -0.15) is 0 Å². The van der Waals surface area contributed by atoms with Gasteiger partial charge < -0.3 is 0 Å². The summed E-state index contributed by atoms with van der Waals surface area (Å²) in [7, 11) is 0. The largest absolute Gasteiger partial charge is 0.106 e. The van der Waals surface area contributed by atoms with Gasteiger partial charge in [-0.25, -0.2) is 0 Å². The summed E-state index contributed by atoms with van der Waals surface area (Å²) in [6.07, 6.45) is 0. The van der Waals surface area contributed by atoms with Crippen molar-refractivity contribution >= 4 is 10.8 Å². The fourth-order valence-electron chi connectivity index (χ4n) is 1.60. The van der Waals surface area contributed by atoms with Gasteiger partial charge >= 0.3 is 0 Å². The van der Waals surface area contributed by atoms with Crippen LogP contribution in [0.5, 0.6) is 0 Å². The van der Waals surface area contributed by atoms with Crippen LogP contribution in [0.3, 0.4) is 0 Å². The van der Waals surface area contributed by atoms with Gasteiger partial charge in [0.25, 0.3) is 0 Å². The van der Waals surface area contributed by atoms with Crippen molar-refractivity contribution in [1.29, 1.82) is 0 Å². The molecule has 0 saturated heterocycles. The van der Waals surface area contributed by atoms with Crippen LogP contribution in [0, 0.1) is 13.8 Å². The summed E-state index contributed by atoms with van der Waals surface area (Å²) < 4.78 is 0. The maximum absolute atomic E-state index is 3.00. The Balaban J connectivity index is 0.000000509. The van der Waals surface area contributed by atoms with E-state index >= 15 is 0 Å². The first-order valence-corrected chi connectivity index (χ1v) is 5.24. The zero-order chi connectivity index (χ0) is 12.6. The first-order valence-electron chi connectivity index (χ1n) is 5.24. The third-order valence-corrected chi connectivity index (χ3v) is 2.36. The van der Waals surface area contributed by atoms with E-state index in [0.717, 1.165) is 0 Å². The zero-order valence-electron chi connectivity index (χ0n) is 10.3. The van der Waals surface area contributed by atoms with Crippen molar-refractivity contribution in [3.63, 3.8) is 0 Å². The molecule has 0 aromatic heterocycles. The van der Waals surface area contributed by atoms with Crippen LogP contribution in [0.1, 0.15) is 11.1 Å². The lowest BCUT2D eigenvalue weighted by Crippen LogP contribution is -1.80. The molecule has 0 bridgehead atoms. The highest BCUT2D eigenvalue weighted by Gasteiger charge is 1.97. The number of hydrogen-bond donors (Lipinski definition) is 0. The molecular weight excluding hydrogens is 192 g/mol. The molecule has 0 saturated carbocycles. The summed E-state index contributed by atoms with van der Waals surface area (Å²) in [5.74, 6) is 0. The highest BCUT2D eigenvalue weighted by atomic mass is 14.0. The minimum atomic E-state index is 1.36. The average molecular weight is 212 g/mol. The Morgan fingerprint density at radius 2 is 0.938 bits per heavy atom. The lowest BCUT2D eigenvalue weighted by atomic mass is 10.0. The van der Waals surface area contributed by atoms with Gasteiger partial charge in [0.05, 0.1) is 0 Å². The van der Waals surface area contributed by atoms with Gasteiger partial charge in [0.2, 0.25) is 0 Å². The van der Waals surface area contributed by atoms with E-state index in [1.54, 1.807) is 0 Å². The summed E-state index contributed by atoms with van der Waals surface area (Å²) in [4.78, 5) is 0. The number of hydrogen-bond acceptors (Lipinski definition) is 0. The summed E-state index contributed by atoms with van der Waals surface area (Å²) in [5.41, 5.74) is 2.72. The van der Waals surface area contributed by atoms with E-state index in [1.165, 1.54) is 21.9 Å². The molecule has 0 radical (unpaired) electrons. The molecule has 0 aliphatic carbocycles. The normalized spacial score (nSPS) is 8.38. The van der Waals surface area contributed by atoms with Crippen molar-refractivity contribution < 1.29 is 0 Å². The maximum Gasteiger partial charge on any atom is -0.0152 e. The van der Waals surface area contributed by atoms with Crippen LogP contribution in [-0.4, -0.2) is 0 Å². The average Bonchev–Trinajstić information content (AvgIpc) is 2.39. The summed E-state index contributed by atoms with van der Waals surface area (Å²) >= 11 is 0. The van der Waals surface area contributed by atoms with Crippen molar-refractivity contribution in [1.82, 2.24) is 0 Å². The first-order chi connectivity index (χ1) is 7.79. The molecule has 0 aliphatic rings. The second-order valence-electron chi connectivity index (χ2n) is 3.24. The number of fused-ring (bicyclic) bond motifs is 1. The van der Waals surface area contributed by atoms with Gasteiger partial charge in [0.15, 0.2) is 0 Å². The lowest BCUT2D eigenvalue weighted by Gasteiger charge is -2.03. The van der Waals surface area contributed by atoms with E-state index in [9.17, 15) is 0 Å². The van der Waals surface area contributed by atoms with Crippen molar-refractivity contribution in [2.75, 3.05) is 0 Å². The molecule has 84 valence electrons. The molecule has 0 N–H and O–H groups in total. The lowest BCUT2D eigenvalue weighted by molar-refractivity contribution is 1.46. The summed E-state index contributed by atoms with van der Waals surface area (Å²) in [5, 5.41) is 2.75. The molecule has 0 nitrogen and oxygen atoms in total. The van der Waals surface area contributed by atoms with Gasteiger partial charge in [0.1, 0.15) is 0 Å². The Labute approximate surface area is 98.9 Å². The highest BCUT2D eigenvalue weighted by Crippen LogP contribution is 2.20. The molecular formula is C16H20. The van der Waals surface area contributed by atoms with E-state index < -0.39 is 0 Å². The van der Waals surface area contributed by atoms with E-state index in [-0.39, 0.29) is 0 Å². The second kappa shape index (κ2) is 7.47. The third-order valence-electron chi connectivity index (χ3n) is 2.36. The van der Waals surface area contributed by atoms with Crippen LogP contribution in [0.4, 0.5) is 0 Å². The Kier molecular flexibility index (Phi) is 6.62. The SMILES string of the molecule is C=C.C=C.Cc1ccc(C)c2ccccc12. The molecule has 2 aromatic rings. The van der Waals surface area contributed by atoms with Crippen LogP contribution in [-0.2, 0) is 0 Å². The van der Waals surface area contributed by atoms with Gasteiger partial charge in [0, 0.05) is 0 Å². The Morgan fingerprint density at radius 1 is 0.625 bits per heavy atom. The van der Waals surface area contributed by atoms with Crippen molar-refractivity contribution in [3.05, 3.63) is 73.8 Å². The third kappa shape index (κ3) is 3.09. The molecule has 0 unspecified atom stereocenters. The number of aryl methyl sites for hydroxylation is 2. The first kappa shape index (κ1) is 14.2. The predicted molar refractivity (Wildman–Crippen MR) is 75.9 cm³/mol. The molecule has 0 heteroatoms. The Morgan fingerprint density at radius 3 is 1.25 bits per heavy atom. The second-order valence-corrected chi connectivity index (χ2v) is 3.24. The number of benzene rings is 2. The Hall–Kier alpha value is -1.82. The van der Waals surface area contributed by atoms with Gasteiger partial charge in [-0.1, -0.05) is 36.4 Å². The molecule has 2 rings (SSSR count). The molecule has 0 heterocycles. The maximum atomic E-state index is 3.00. The monoisotopic (exact) mass is 212 g/mol. The number of rotatable bonds is 0. The zero-order valence-corrected chi connectivity index (χ0v) is 10.3. The van der Waals surface area contributed by atoms with Crippen LogP contribution < -0.4 is 0 Å². The van der Waals surface area contributed by atoms with E-state index in [4.69, 9.17) is 0 Å². The van der Waals surface area contributed by atoms with Crippen LogP contribution in [0.15, 0.2) is 62.7 Å². The van der Waals surface area contributed by atoms with Crippen LogP contribution >= 0.6 is 0 Å². The smallest absolute Gasteiger partial charge is 0.0152 e. The van der Waals surface area contributed by atoms with Crippen molar-refractivity contribution in [2.24, 2.45) is 0 Å². The predicted octanol–water partition coefficient (Wildman–Crippen LogP) is 5.06. The quantitative estimate of drug-likeness (QED) is 0.535.